The Bertz CT molecular complexity index is 598. The molecule has 0 bridgehead atoms. The van der Waals surface area contributed by atoms with Gasteiger partial charge in [0.05, 0.1) is 5.03 Å². The van der Waals surface area contributed by atoms with Crippen LogP contribution < -0.4 is 0 Å². The van der Waals surface area contributed by atoms with E-state index in [9.17, 15) is 0 Å². The molecule has 3 rings (SSSR count). The molecule has 158 valence electrons. The van der Waals surface area contributed by atoms with Gasteiger partial charge < -0.3 is 0 Å². The lowest BCUT2D eigenvalue weighted by molar-refractivity contribution is -0.0734. The number of aromatic nitrogens is 1. The predicted octanol–water partition coefficient (Wildman–Crippen LogP) is 8.35. The molecule has 1 nitrogen and oxygen atoms in total. The van der Waals surface area contributed by atoms with Crippen molar-refractivity contribution in [3.8, 4) is 0 Å². The van der Waals surface area contributed by atoms with Crippen molar-refractivity contribution in [2.75, 3.05) is 0 Å². The van der Waals surface area contributed by atoms with Crippen LogP contribution in [0.3, 0.4) is 0 Å². The van der Waals surface area contributed by atoms with Crippen molar-refractivity contribution >= 4 is 35.0 Å². The molecular weight excluding hydrogens is 419 g/mol. The first-order valence-corrected chi connectivity index (χ1v) is 12.3. The van der Waals surface area contributed by atoms with Crippen molar-refractivity contribution in [2.24, 2.45) is 23.7 Å². The highest BCUT2D eigenvalue weighted by atomic mass is 35.5. The van der Waals surface area contributed by atoms with Crippen LogP contribution in [0.1, 0.15) is 71.1 Å². The zero-order valence-corrected chi connectivity index (χ0v) is 18.9. The van der Waals surface area contributed by atoms with Gasteiger partial charge >= 0.3 is 0 Å². The number of nitrogens with zero attached hydrogens (tertiary/aromatic N) is 1. The van der Waals surface area contributed by atoms with E-state index in [1.165, 1.54) is 38.5 Å². The Morgan fingerprint density at radius 2 is 1.61 bits per heavy atom. The molecule has 0 N–H and O–H groups in total. The van der Waals surface area contributed by atoms with Crippen molar-refractivity contribution in [3.63, 3.8) is 0 Å². The highest BCUT2D eigenvalue weighted by Gasteiger charge is 2.58. The molecule has 0 aliphatic heterocycles. The molecule has 2 fully saturated rings. The van der Waals surface area contributed by atoms with Crippen LogP contribution in [-0.4, -0.2) is 14.6 Å². The Hall–Kier alpha value is -0.0600. The summed E-state index contributed by atoms with van der Waals surface area (Å²) in [6, 6.07) is 5.15. The molecule has 0 aromatic carbocycles. The molecule has 0 saturated heterocycles. The number of thioether (sulfide) groups is 1. The summed E-state index contributed by atoms with van der Waals surface area (Å²) >= 11 is 13.1. The maximum absolute atomic E-state index is 15.2. The van der Waals surface area contributed by atoms with E-state index >= 15 is 8.78 Å². The molecule has 0 spiro atoms. The number of pyridine rings is 1. The van der Waals surface area contributed by atoms with Gasteiger partial charge in [0.2, 0.25) is 3.67 Å². The first-order chi connectivity index (χ1) is 13.3. The van der Waals surface area contributed by atoms with Crippen molar-refractivity contribution in [1.82, 2.24) is 4.98 Å². The SMILES string of the molecule is CCCC1CCC(C2CCC(C(F)(F)C(Cl)(Cl)Sc3ccccn3)CC2)CC1. The third kappa shape index (κ3) is 5.35. The average molecular weight is 450 g/mol. The van der Waals surface area contributed by atoms with Gasteiger partial charge in [0, 0.05) is 12.1 Å². The molecule has 2 aliphatic rings. The maximum atomic E-state index is 15.2. The third-order valence-corrected chi connectivity index (χ3v) is 8.74. The Labute approximate surface area is 182 Å². The van der Waals surface area contributed by atoms with Crippen LogP contribution >= 0.6 is 35.0 Å². The molecule has 0 radical (unpaired) electrons. The standard InChI is InChI=1S/C22H31Cl2F2NS/c1-2-5-16-7-9-17(10-8-16)18-11-13-19(14-12-18)21(25,26)22(23,24)28-20-6-3-4-15-27-20/h3-4,6,15-19H,2,5,7-14H2,1H3. The van der Waals surface area contributed by atoms with Crippen molar-refractivity contribution in [3.05, 3.63) is 24.4 Å². The summed E-state index contributed by atoms with van der Waals surface area (Å²) < 4.78 is 28.1. The molecule has 0 atom stereocenters. The molecule has 0 amide bonds. The smallest absolute Gasteiger partial charge is 0.250 e. The topological polar surface area (TPSA) is 12.9 Å². The zero-order chi connectivity index (χ0) is 20.2. The minimum absolute atomic E-state index is 0.421. The van der Waals surface area contributed by atoms with Crippen LogP contribution in [0.4, 0.5) is 8.78 Å². The molecule has 0 unspecified atom stereocenters. The fraction of sp³-hybridized carbons (Fsp3) is 0.773. The molecule has 28 heavy (non-hydrogen) atoms. The van der Waals surface area contributed by atoms with Crippen LogP contribution in [-0.2, 0) is 0 Å². The van der Waals surface area contributed by atoms with Gasteiger partial charge in [-0.05, 0) is 68.4 Å². The molecule has 6 heteroatoms. The molecule has 1 heterocycles. The number of rotatable bonds is 7. The van der Waals surface area contributed by atoms with Crippen molar-refractivity contribution < 1.29 is 8.78 Å². The van der Waals surface area contributed by atoms with E-state index in [-0.39, 0.29) is 0 Å². The van der Waals surface area contributed by atoms with Gasteiger partial charge in [0.25, 0.3) is 5.92 Å². The van der Waals surface area contributed by atoms with Gasteiger partial charge in [-0.2, -0.15) is 0 Å². The summed E-state index contributed by atoms with van der Waals surface area (Å²) in [6.45, 7) is 2.26. The Morgan fingerprint density at radius 1 is 1.00 bits per heavy atom. The maximum Gasteiger partial charge on any atom is 0.292 e. The van der Waals surface area contributed by atoms with E-state index in [1.54, 1.807) is 24.4 Å². The second-order valence-corrected chi connectivity index (χ2v) is 11.6. The van der Waals surface area contributed by atoms with Gasteiger partial charge in [-0.25, -0.2) is 13.8 Å². The summed E-state index contributed by atoms with van der Waals surface area (Å²) in [5.74, 6) is -1.70. The summed E-state index contributed by atoms with van der Waals surface area (Å²) in [7, 11) is 0. The van der Waals surface area contributed by atoms with E-state index in [4.69, 9.17) is 23.2 Å². The number of halogens is 4. The van der Waals surface area contributed by atoms with Gasteiger partial charge in [-0.1, -0.05) is 73.6 Å². The molecule has 1 aromatic rings. The van der Waals surface area contributed by atoms with Gasteiger partial charge in [-0.15, -0.1) is 0 Å². The molecular formula is C22H31Cl2F2NS. The minimum Gasteiger partial charge on any atom is -0.250 e. The molecule has 2 saturated carbocycles. The lowest BCUT2D eigenvalue weighted by atomic mass is 9.68. The molecule has 2 aliphatic carbocycles. The number of hydrogen-bond acceptors (Lipinski definition) is 2. The summed E-state index contributed by atoms with van der Waals surface area (Å²) in [5, 5.41) is 0.421. The van der Waals surface area contributed by atoms with E-state index in [2.05, 4.69) is 11.9 Å². The second kappa shape index (κ2) is 9.83. The first-order valence-electron chi connectivity index (χ1n) is 10.7. The molecule has 1 aromatic heterocycles. The highest BCUT2D eigenvalue weighted by molar-refractivity contribution is 8.03. The second-order valence-electron chi connectivity index (χ2n) is 8.59. The fourth-order valence-electron chi connectivity index (χ4n) is 5.15. The van der Waals surface area contributed by atoms with E-state index in [1.807, 2.05) is 0 Å². The zero-order valence-electron chi connectivity index (χ0n) is 16.6. The quantitative estimate of drug-likeness (QED) is 0.306. The van der Waals surface area contributed by atoms with Gasteiger partial charge in [0.15, 0.2) is 0 Å². The normalized spacial score (nSPS) is 29.6. The van der Waals surface area contributed by atoms with Crippen molar-refractivity contribution in [2.45, 2.75) is 85.7 Å². The lowest BCUT2D eigenvalue weighted by Gasteiger charge is -2.42. The van der Waals surface area contributed by atoms with Gasteiger partial charge in [-0.3, -0.25) is 0 Å². The summed E-state index contributed by atoms with van der Waals surface area (Å²) in [5.41, 5.74) is 0. The van der Waals surface area contributed by atoms with Crippen LogP contribution in [0.25, 0.3) is 0 Å². The number of hydrogen-bond donors (Lipinski definition) is 0. The van der Waals surface area contributed by atoms with E-state index in [0.29, 0.717) is 23.8 Å². The predicted molar refractivity (Wildman–Crippen MR) is 115 cm³/mol. The largest absolute Gasteiger partial charge is 0.292 e. The van der Waals surface area contributed by atoms with Crippen LogP contribution in [0, 0.1) is 23.7 Å². The Morgan fingerprint density at radius 3 is 2.14 bits per heavy atom. The fourth-order valence-corrected chi connectivity index (χ4v) is 6.76. The van der Waals surface area contributed by atoms with Crippen LogP contribution in [0.2, 0.25) is 0 Å². The monoisotopic (exact) mass is 449 g/mol. The van der Waals surface area contributed by atoms with Crippen LogP contribution in [0.5, 0.6) is 0 Å². The van der Waals surface area contributed by atoms with Gasteiger partial charge in [0.1, 0.15) is 0 Å². The lowest BCUT2D eigenvalue weighted by Crippen LogP contribution is -2.44. The van der Waals surface area contributed by atoms with E-state index < -0.39 is 15.5 Å². The Balaban J connectivity index is 1.53. The highest BCUT2D eigenvalue weighted by Crippen LogP contribution is 2.57. The Kier molecular flexibility index (Phi) is 7.94. The average Bonchev–Trinajstić information content (AvgIpc) is 2.69. The summed E-state index contributed by atoms with van der Waals surface area (Å²) in [4.78, 5) is 4.08. The van der Waals surface area contributed by atoms with Crippen LogP contribution in [0.15, 0.2) is 29.4 Å². The third-order valence-electron chi connectivity index (χ3n) is 6.80. The minimum atomic E-state index is -3.15. The van der Waals surface area contributed by atoms with E-state index in [0.717, 1.165) is 36.4 Å². The van der Waals surface area contributed by atoms with Crippen molar-refractivity contribution in [1.29, 1.82) is 0 Å². The first kappa shape index (κ1) is 22.6. The number of alkyl halides is 4. The summed E-state index contributed by atoms with van der Waals surface area (Å²) in [6.07, 6.45) is 12.1.